The van der Waals surface area contributed by atoms with E-state index in [9.17, 15) is 9.90 Å². The van der Waals surface area contributed by atoms with Crippen LogP contribution in [0.2, 0.25) is 0 Å². The van der Waals surface area contributed by atoms with Gasteiger partial charge in [0.25, 0.3) is 0 Å². The molecule has 0 atom stereocenters. The number of aliphatic hydroxyl groups excluding tert-OH is 1. The molecule has 0 radical (unpaired) electrons. The molecule has 0 bridgehead atoms. The van der Waals surface area contributed by atoms with Gasteiger partial charge in [0.1, 0.15) is 0 Å². The van der Waals surface area contributed by atoms with Crippen LogP contribution in [-0.2, 0) is 11.3 Å². The Morgan fingerprint density at radius 1 is 1.26 bits per heavy atom. The van der Waals surface area contributed by atoms with Crippen molar-refractivity contribution in [1.29, 1.82) is 0 Å². The third-order valence-electron chi connectivity index (χ3n) is 4.64. The van der Waals surface area contributed by atoms with Gasteiger partial charge in [0.05, 0.1) is 11.5 Å². The van der Waals surface area contributed by atoms with Gasteiger partial charge in [0.15, 0.2) is 0 Å². The second kappa shape index (κ2) is 4.64. The van der Waals surface area contributed by atoms with Gasteiger partial charge in [-0.1, -0.05) is 29.8 Å². The van der Waals surface area contributed by atoms with E-state index < -0.39 is 0 Å². The van der Waals surface area contributed by atoms with Crippen LogP contribution in [-0.4, -0.2) is 28.6 Å². The third-order valence-corrected chi connectivity index (χ3v) is 4.64. The first-order valence-electron chi connectivity index (χ1n) is 7.12. The average Bonchev–Trinajstić information content (AvgIpc) is 2.42. The van der Waals surface area contributed by atoms with E-state index >= 15 is 0 Å². The highest BCUT2D eigenvalue weighted by molar-refractivity contribution is 5.88. The zero-order valence-electron chi connectivity index (χ0n) is 11.4. The van der Waals surface area contributed by atoms with E-state index in [1.54, 1.807) is 0 Å². The number of likely N-dealkylation sites (tertiary alicyclic amines) is 1. The average molecular weight is 259 g/mol. The molecule has 1 aliphatic carbocycles. The van der Waals surface area contributed by atoms with Crippen molar-refractivity contribution in [2.75, 3.05) is 6.54 Å². The predicted octanol–water partition coefficient (Wildman–Crippen LogP) is 2.26. The third kappa shape index (κ3) is 2.27. The van der Waals surface area contributed by atoms with Gasteiger partial charge >= 0.3 is 0 Å². The van der Waals surface area contributed by atoms with Crippen molar-refractivity contribution in [2.24, 2.45) is 5.41 Å². The molecule has 1 aromatic carbocycles. The van der Waals surface area contributed by atoms with Crippen molar-refractivity contribution in [3.05, 3.63) is 35.4 Å². The Morgan fingerprint density at radius 2 is 1.89 bits per heavy atom. The highest BCUT2D eigenvalue weighted by Gasteiger charge is 2.52. The van der Waals surface area contributed by atoms with Gasteiger partial charge in [-0.15, -0.1) is 0 Å². The fourth-order valence-electron chi connectivity index (χ4n) is 3.32. The van der Waals surface area contributed by atoms with Crippen molar-refractivity contribution >= 4 is 5.91 Å². The molecule has 1 aromatic rings. The molecule has 2 fully saturated rings. The molecule has 102 valence electrons. The maximum absolute atomic E-state index is 12.4. The highest BCUT2D eigenvalue weighted by Crippen LogP contribution is 2.45. The molecule has 2 aliphatic rings. The van der Waals surface area contributed by atoms with E-state index in [4.69, 9.17) is 0 Å². The van der Waals surface area contributed by atoms with Gasteiger partial charge in [-0.3, -0.25) is 4.79 Å². The number of benzene rings is 1. The smallest absolute Gasteiger partial charge is 0.230 e. The van der Waals surface area contributed by atoms with E-state index in [-0.39, 0.29) is 11.5 Å². The van der Waals surface area contributed by atoms with Crippen molar-refractivity contribution in [3.63, 3.8) is 0 Å². The molecule has 1 spiro atoms. The molecule has 19 heavy (non-hydrogen) atoms. The van der Waals surface area contributed by atoms with Crippen molar-refractivity contribution in [2.45, 2.75) is 45.3 Å². The molecule has 1 saturated heterocycles. The minimum Gasteiger partial charge on any atom is -0.393 e. The summed E-state index contributed by atoms with van der Waals surface area (Å²) in [7, 11) is 0. The zero-order chi connectivity index (χ0) is 13.5. The summed E-state index contributed by atoms with van der Waals surface area (Å²) in [6.07, 6.45) is 3.09. The molecule has 1 amide bonds. The van der Waals surface area contributed by atoms with Gasteiger partial charge in [-0.05, 0) is 38.2 Å². The molecule has 3 rings (SSSR count). The number of rotatable bonds is 2. The van der Waals surface area contributed by atoms with Crippen LogP contribution < -0.4 is 0 Å². The molecule has 3 heteroatoms. The number of aryl methyl sites for hydroxylation is 1. The summed E-state index contributed by atoms with van der Waals surface area (Å²) in [5.74, 6) is 0.292. The van der Waals surface area contributed by atoms with Crippen LogP contribution in [0, 0.1) is 12.3 Å². The number of hydrogen-bond acceptors (Lipinski definition) is 2. The molecule has 1 saturated carbocycles. The van der Waals surface area contributed by atoms with E-state index in [1.165, 1.54) is 11.1 Å². The Hall–Kier alpha value is -1.35. The predicted molar refractivity (Wildman–Crippen MR) is 73.5 cm³/mol. The second-order valence-corrected chi connectivity index (χ2v) is 6.16. The molecule has 1 aliphatic heterocycles. The molecule has 0 unspecified atom stereocenters. The van der Waals surface area contributed by atoms with Crippen LogP contribution in [0.15, 0.2) is 24.3 Å². The summed E-state index contributed by atoms with van der Waals surface area (Å²) in [6.45, 7) is 3.66. The van der Waals surface area contributed by atoms with Gasteiger partial charge in [-0.2, -0.15) is 0 Å². The Balaban J connectivity index is 1.61. The molecule has 0 aromatic heterocycles. The molecule has 3 nitrogen and oxygen atoms in total. The second-order valence-electron chi connectivity index (χ2n) is 6.16. The normalized spacial score (nSPS) is 30.5. The molecule has 1 N–H and O–H groups in total. The number of β-lactam (4-membered cyclic amide) rings is 1. The zero-order valence-corrected chi connectivity index (χ0v) is 11.4. The van der Waals surface area contributed by atoms with E-state index in [0.29, 0.717) is 5.91 Å². The first-order valence-corrected chi connectivity index (χ1v) is 7.12. The maximum Gasteiger partial charge on any atom is 0.230 e. The Kier molecular flexibility index (Phi) is 3.09. The van der Waals surface area contributed by atoms with Gasteiger partial charge in [-0.25, -0.2) is 0 Å². The van der Waals surface area contributed by atoms with E-state index in [0.717, 1.165) is 38.8 Å². The molecule has 1 heterocycles. The lowest BCUT2D eigenvalue weighted by Crippen LogP contribution is -2.62. The van der Waals surface area contributed by atoms with E-state index in [1.807, 2.05) is 4.90 Å². The van der Waals surface area contributed by atoms with Crippen molar-refractivity contribution in [1.82, 2.24) is 4.90 Å². The minimum atomic E-state index is -0.190. The summed E-state index contributed by atoms with van der Waals surface area (Å²) < 4.78 is 0. The summed E-state index contributed by atoms with van der Waals surface area (Å²) in [6, 6.07) is 8.37. The number of aliphatic hydroxyl groups is 1. The SMILES string of the molecule is Cc1ccc(CN2CC3(CCC(O)CC3)C2=O)cc1. The Labute approximate surface area is 114 Å². The van der Waals surface area contributed by atoms with Gasteiger partial charge < -0.3 is 10.0 Å². The first-order chi connectivity index (χ1) is 9.09. The van der Waals surface area contributed by atoms with Gasteiger partial charge in [0, 0.05) is 13.1 Å². The molecular formula is C16H21NO2. The van der Waals surface area contributed by atoms with Crippen molar-refractivity contribution < 1.29 is 9.90 Å². The van der Waals surface area contributed by atoms with Crippen LogP contribution in [0.4, 0.5) is 0 Å². The van der Waals surface area contributed by atoms with Crippen LogP contribution >= 0.6 is 0 Å². The summed E-state index contributed by atoms with van der Waals surface area (Å²) in [4.78, 5) is 14.3. The number of carbonyl (C=O) groups excluding carboxylic acids is 1. The maximum atomic E-state index is 12.4. The van der Waals surface area contributed by atoms with Crippen LogP contribution in [0.3, 0.4) is 0 Å². The van der Waals surface area contributed by atoms with Crippen molar-refractivity contribution in [3.8, 4) is 0 Å². The van der Waals surface area contributed by atoms with Crippen LogP contribution in [0.1, 0.15) is 36.8 Å². The topological polar surface area (TPSA) is 40.5 Å². The van der Waals surface area contributed by atoms with Gasteiger partial charge in [0.2, 0.25) is 5.91 Å². The van der Waals surface area contributed by atoms with E-state index in [2.05, 4.69) is 31.2 Å². The lowest BCUT2D eigenvalue weighted by Gasteiger charge is -2.51. The number of nitrogens with zero attached hydrogens (tertiary/aromatic N) is 1. The fourth-order valence-corrected chi connectivity index (χ4v) is 3.32. The minimum absolute atomic E-state index is 0.135. The summed E-state index contributed by atoms with van der Waals surface area (Å²) in [5.41, 5.74) is 2.31. The lowest BCUT2D eigenvalue weighted by atomic mass is 9.67. The number of hydrogen-bond donors (Lipinski definition) is 1. The first kappa shape index (κ1) is 12.7. The fraction of sp³-hybridized carbons (Fsp3) is 0.562. The summed E-state index contributed by atoms with van der Waals surface area (Å²) >= 11 is 0. The van der Waals surface area contributed by atoms with Crippen LogP contribution in [0.25, 0.3) is 0 Å². The highest BCUT2D eigenvalue weighted by atomic mass is 16.3. The van der Waals surface area contributed by atoms with Crippen LogP contribution in [0.5, 0.6) is 0 Å². The summed E-state index contributed by atoms with van der Waals surface area (Å²) in [5, 5.41) is 9.55. The monoisotopic (exact) mass is 259 g/mol. The molecular weight excluding hydrogens is 238 g/mol. The largest absolute Gasteiger partial charge is 0.393 e. The number of amides is 1. The Morgan fingerprint density at radius 3 is 2.47 bits per heavy atom. The standard InChI is InChI=1S/C16H21NO2/c1-12-2-4-13(5-3-12)10-17-11-16(15(17)19)8-6-14(18)7-9-16/h2-5,14,18H,6-11H2,1H3. The Bertz CT molecular complexity index is 472. The quantitative estimate of drug-likeness (QED) is 0.828. The number of carbonyl (C=O) groups is 1. The lowest BCUT2D eigenvalue weighted by molar-refractivity contribution is -0.166.